The Hall–Kier alpha value is -2.25. The number of ether oxygens (including phenoxy) is 1. The van der Waals surface area contributed by atoms with Gasteiger partial charge in [0.05, 0.1) is 15.5 Å². The molecular formula is C19H20BrN3O3. The number of fused-ring (bicyclic) bond motifs is 1. The molecule has 2 amide bonds. The molecule has 1 aliphatic rings. The van der Waals surface area contributed by atoms with Gasteiger partial charge in [-0.2, -0.15) is 9.98 Å². The van der Waals surface area contributed by atoms with Gasteiger partial charge in [0.1, 0.15) is 23.8 Å². The fraction of sp³-hybridized carbons (Fsp3) is 0.316. The van der Waals surface area contributed by atoms with Crippen molar-refractivity contribution in [3.63, 3.8) is 0 Å². The molecule has 6 nitrogen and oxygen atoms in total. The summed E-state index contributed by atoms with van der Waals surface area (Å²) >= 11 is 3.43. The first-order valence-corrected chi connectivity index (χ1v) is 9.28. The van der Waals surface area contributed by atoms with E-state index >= 15 is 0 Å². The van der Waals surface area contributed by atoms with Gasteiger partial charge in [-0.05, 0) is 46.6 Å². The molecule has 136 valence electrons. The Morgan fingerprint density at radius 1 is 1.19 bits per heavy atom. The molecule has 0 radical (unpaired) electrons. The number of halogens is 1. The highest BCUT2D eigenvalue weighted by atomic mass is 79.9. The number of anilines is 1. The van der Waals surface area contributed by atoms with E-state index in [0.717, 1.165) is 23.1 Å². The van der Waals surface area contributed by atoms with Crippen LogP contribution in [0.4, 0.5) is 10.5 Å². The van der Waals surface area contributed by atoms with E-state index in [-0.39, 0.29) is 6.61 Å². The summed E-state index contributed by atoms with van der Waals surface area (Å²) in [4.78, 5) is 21.4. The van der Waals surface area contributed by atoms with Crippen LogP contribution < -0.4 is 20.4 Å². The fourth-order valence-corrected chi connectivity index (χ4v) is 3.24. The third-order valence-electron chi connectivity index (χ3n) is 3.95. The molecule has 2 aromatic rings. The van der Waals surface area contributed by atoms with E-state index in [9.17, 15) is 9.90 Å². The Balaban J connectivity index is 1.73. The maximum absolute atomic E-state index is 11.5. The van der Waals surface area contributed by atoms with Gasteiger partial charge in [0, 0.05) is 13.1 Å². The van der Waals surface area contributed by atoms with Crippen LogP contribution in [-0.2, 0) is 0 Å². The van der Waals surface area contributed by atoms with Gasteiger partial charge in [-0.3, -0.25) is 0 Å². The molecule has 2 aromatic carbocycles. The minimum Gasteiger partial charge on any atom is -0.490 e. The van der Waals surface area contributed by atoms with Crippen molar-refractivity contribution >= 4 is 27.6 Å². The zero-order valence-electron chi connectivity index (χ0n) is 14.4. The lowest BCUT2D eigenvalue weighted by Gasteiger charge is -2.27. The second kappa shape index (κ2) is 8.42. The highest BCUT2D eigenvalue weighted by molar-refractivity contribution is 9.10. The maximum atomic E-state index is 11.5. The number of aliphatic hydroxyl groups excluding tert-OH is 1. The van der Waals surface area contributed by atoms with Crippen molar-refractivity contribution in [3.8, 4) is 5.75 Å². The predicted octanol–water partition coefficient (Wildman–Crippen LogP) is 2.48. The van der Waals surface area contributed by atoms with Crippen molar-refractivity contribution in [2.75, 3.05) is 24.6 Å². The van der Waals surface area contributed by atoms with Crippen LogP contribution in [0.15, 0.2) is 56.9 Å². The topological polar surface area (TPSA) is 74.5 Å². The Bertz CT molecular complexity index is 916. The SMILES string of the molecule is CCCN(CC(O)COc1ccccc1Br)c1cccc2c1=NC(=O)N=2. The summed E-state index contributed by atoms with van der Waals surface area (Å²) < 4.78 is 6.55. The highest BCUT2D eigenvalue weighted by Crippen LogP contribution is 2.23. The zero-order chi connectivity index (χ0) is 18.5. The number of rotatable bonds is 8. The van der Waals surface area contributed by atoms with Gasteiger partial charge in [-0.25, -0.2) is 4.79 Å². The minimum atomic E-state index is -0.696. The van der Waals surface area contributed by atoms with E-state index in [0.29, 0.717) is 23.0 Å². The van der Waals surface area contributed by atoms with Crippen LogP contribution in [0.2, 0.25) is 0 Å². The lowest BCUT2D eigenvalue weighted by molar-refractivity contribution is 0.111. The van der Waals surface area contributed by atoms with Crippen molar-refractivity contribution in [2.45, 2.75) is 19.4 Å². The summed E-state index contributed by atoms with van der Waals surface area (Å²) in [6.07, 6.45) is 0.200. The van der Waals surface area contributed by atoms with Gasteiger partial charge in [-0.15, -0.1) is 0 Å². The minimum absolute atomic E-state index is 0.165. The van der Waals surface area contributed by atoms with Gasteiger partial charge in [-0.1, -0.05) is 25.1 Å². The van der Waals surface area contributed by atoms with Crippen LogP contribution in [0.5, 0.6) is 5.75 Å². The average molecular weight is 418 g/mol. The van der Waals surface area contributed by atoms with E-state index in [4.69, 9.17) is 4.74 Å². The number of amides is 2. The van der Waals surface area contributed by atoms with Gasteiger partial charge in [0.25, 0.3) is 0 Å². The second-order valence-corrected chi connectivity index (χ2v) is 6.85. The standard InChI is InChI=1S/C19H20BrN3O3/c1-2-10-23(16-8-5-7-15-18(16)22-19(25)21-15)11-13(24)12-26-17-9-4-3-6-14(17)20/h3-9,13,24H,2,10-12H2,1H3. The summed E-state index contributed by atoms with van der Waals surface area (Å²) in [6.45, 7) is 3.33. The molecule has 1 heterocycles. The molecule has 0 saturated heterocycles. The number of aliphatic hydroxyl groups is 1. The molecule has 0 aliphatic carbocycles. The molecule has 0 bridgehead atoms. The van der Waals surface area contributed by atoms with Crippen molar-refractivity contribution in [1.29, 1.82) is 0 Å². The average Bonchev–Trinajstić information content (AvgIpc) is 3.01. The van der Waals surface area contributed by atoms with Crippen molar-refractivity contribution < 1.29 is 14.6 Å². The summed E-state index contributed by atoms with van der Waals surface area (Å²) in [5.74, 6) is 0.689. The fourth-order valence-electron chi connectivity index (χ4n) is 2.84. The predicted molar refractivity (Wildman–Crippen MR) is 102 cm³/mol. The van der Waals surface area contributed by atoms with Crippen molar-refractivity contribution in [2.24, 2.45) is 9.98 Å². The summed E-state index contributed by atoms with van der Waals surface area (Å²) in [5.41, 5.74) is 0.805. The molecule has 1 N–H and O–H groups in total. The maximum Gasteiger partial charge on any atom is 0.368 e. The molecule has 1 unspecified atom stereocenters. The second-order valence-electron chi connectivity index (χ2n) is 5.99. The van der Waals surface area contributed by atoms with Crippen LogP contribution in [0.25, 0.3) is 0 Å². The Kier molecular flexibility index (Phi) is 6.00. The van der Waals surface area contributed by atoms with E-state index < -0.39 is 12.1 Å². The van der Waals surface area contributed by atoms with E-state index in [1.165, 1.54) is 0 Å². The third kappa shape index (κ3) is 4.28. The number of carbonyl (C=O) groups is 1. The smallest absolute Gasteiger partial charge is 0.368 e. The largest absolute Gasteiger partial charge is 0.490 e. The molecule has 0 fully saturated rings. The molecule has 0 spiro atoms. The van der Waals surface area contributed by atoms with Gasteiger partial charge >= 0.3 is 6.03 Å². The summed E-state index contributed by atoms with van der Waals surface area (Å²) in [5, 5.41) is 11.6. The number of para-hydroxylation sites is 2. The first-order chi connectivity index (χ1) is 12.6. The monoisotopic (exact) mass is 417 g/mol. The molecule has 26 heavy (non-hydrogen) atoms. The van der Waals surface area contributed by atoms with E-state index in [1.54, 1.807) is 6.07 Å². The number of hydrogen-bond acceptors (Lipinski definition) is 4. The van der Waals surface area contributed by atoms with E-state index in [2.05, 4.69) is 32.8 Å². The van der Waals surface area contributed by atoms with Gasteiger partial charge in [0.2, 0.25) is 0 Å². The highest BCUT2D eigenvalue weighted by Gasteiger charge is 2.17. The van der Waals surface area contributed by atoms with Crippen molar-refractivity contribution in [1.82, 2.24) is 0 Å². The molecule has 3 rings (SSSR count). The summed E-state index contributed by atoms with van der Waals surface area (Å²) in [6, 6.07) is 12.5. The van der Waals surface area contributed by atoms with Crippen molar-refractivity contribution in [3.05, 3.63) is 57.7 Å². The first-order valence-electron chi connectivity index (χ1n) is 8.49. The molecule has 0 aromatic heterocycles. The lowest BCUT2D eigenvalue weighted by atomic mass is 10.2. The Labute approximate surface area is 160 Å². The first kappa shape index (κ1) is 18.5. The van der Waals surface area contributed by atoms with Gasteiger partial charge < -0.3 is 14.7 Å². The normalized spacial score (nSPS) is 13.6. The van der Waals surface area contributed by atoms with Crippen LogP contribution in [-0.4, -0.2) is 36.9 Å². The molecule has 0 saturated carbocycles. The zero-order valence-corrected chi connectivity index (χ0v) is 16.0. The summed E-state index contributed by atoms with van der Waals surface area (Å²) in [7, 11) is 0. The molecule has 1 atom stereocenters. The Morgan fingerprint density at radius 3 is 2.77 bits per heavy atom. The van der Waals surface area contributed by atoms with Crippen LogP contribution >= 0.6 is 15.9 Å². The molecule has 7 heteroatoms. The number of carbonyl (C=O) groups excluding carboxylic acids is 1. The van der Waals surface area contributed by atoms with Crippen LogP contribution in [0.3, 0.4) is 0 Å². The van der Waals surface area contributed by atoms with Crippen LogP contribution in [0, 0.1) is 0 Å². The van der Waals surface area contributed by atoms with Crippen LogP contribution in [0.1, 0.15) is 13.3 Å². The third-order valence-corrected chi connectivity index (χ3v) is 4.61. The number of benzene rings is 2. The molecular weight excluding hydrogens is 398 g/mol. The number of hydrogen-bond donors (Lipinski definition) is 1. The van der Waals surface area contributed by atoms with Gasteiger partial charge in [0.15, 0.2) is 0 Å². The number of nitrogens with zero attached hydrogens (tertiary/aromatic N) is 3. The lowest BCUT2D eigenvalue weighted by Crippen LogP contribution is -2.40. The Morgan fingerprint density at radius 2 is 2.00 bits per heavy atom. The number of urea groups is 1. The molecule has 1 aliphatic heterocycles. The van der Waals surface area contributed by atoms with E-state index in [1.807, 2.05) is 41.3 Å². The quantitative estimate of drug-likeness (QED) is 0.715.